The Labute approximate surface area is 171 Å². The SMILES string of the molecule is Cc1cc(C)nc(Nc2ccc(NC(=O)c3ccc(OCC(C)C)cc3)cc2)n1. The Balaban J connectivity index is 1.59. The van der Waals surface area contributed by atoms with E-state index in [1.807, 2.05) is 56.3 Å². The molecule has 29 heavy (non-hydrogen) atoms. The van der Waals surface area contributed by atoms with Crippen LogP contribution in [0.25, 0.3) is 0 Å². The molecule has 3 aromatic rings. The van der Waals surface area contributed by atoms with Gasteiger partial charge in [0, 0.05) is 28.3 Å². The lowest BCUT2D eigenvalue weighted by Crippen LogP contribution is -2.12. The molecular formula is C23H26N4O2. The highest BCUT2D eigenvalue weighted by Crippen LogP contribution is 2.19. The van der Waals surface area contributed by atoms with Gasteiger partial charge in [0.2, 0.25) is 5.95 Å². The number of hydrogen-bond donors (Lipinski definition) is 2. The molecule has 0 aliphatic heterocycles. The Hall–Kier alpha value is -3.41. The third-order valence-corrected chi connectivity index (χ3v) is 4.08. The van der Waals surface area contributed by atoms with Crippen LogP contribution in [0, 0.1) is 19.8 Å². The Morgan fingerprint density at radius 1 is 0.931 bits per heavy atom. The normalized spacial score (nSPS) is 10.7. The lowest BCUT2D eigenvalue weighted by Gasteiger charge is -2.10. The molecule has 0 saturated carbocycles. The standard InChI is InChI=1S/C23H26N4O2/c1-15(2)14-29-21-11-5-18(6-12-21)22(28)26-19-7-9-20(10-8-19)27-23-24-16(3)13-17(4)25-23/h5-13,15H,14H2,1-4H3,(H,26,28)(H,24,25,27). The van der Waals surface area contributed by atoms with Crippen LogP contribution in [0.15, 0.2) is 54.6 Å². The van der Waals surface area contributed by atoms with Gasteiger partial charge in [-0.15, -0.1) is 0 Å². The van der Waals surface area contributed by atoms with Crippen molar-refractivity contribution in [1.29, 1.82) is 0 Å². The number of carbonyl (C=O) groups is 1. The monoisotopic (exact) mass is 390 g/mol. The highest BCUT2D eigenvalue weighted by atomic mass is 16.5. The predicted octanol–water partition coefficient (Wildman–Crippen LogP) is 5.12. The number of nitrogens with zero attached hydrogens (tertiary/aromatic N) is 2. The molecule has 0 spiro atoms. The molecule has 0 aliphatic rings. The fourth-order valence-corrected chi connectivity index (χ4v) is 2.72. The summed E-state index contributed by atoms with van der Waals surface area (Å²) in [5.41, 5.74) is 3.95. The number of nitrogens with one attached hydrogen (secondary N) is 2. The van der Waals surface area contributed by atoms with E-state index < -0.39 is 0 Å². The predicted molar refractivity (Wildman–Crippen MR) is 116 cm³/mol. The van der Waals surface area contributed by atoms with Gasteiger partial charge in [0.25, 0.3) is 5.91 Å². The molecule has 0 bridgehead atoms. The molecule has 6 nitrogen and oxygen atoms in total. The van der Waals surface area contributed by atoms with Crippen LogP contribution in [0.2, 0.25) is 0 Å². The maximum atomic E-state index is 12.5. The summed E-state index contributed by atoms with van der Waals surface area (Å²) in [5.74, 6) is 1.61. The molecule has 0 fully saturated rings. The van der Waals surface area contributed by atoms with E-state index in [4.69, 9.17) is 4.74 Å². The smallest absolute Gasteiger partial charge is 0.255 e. The molecule has 6 heteroatoms. The summed E-state index contributed by atoms with van der Waals surface area (Å²) in [6.07, 6.45) is 0. The van der Waals surface area contributed by atoms with Gasteiger partial charge in [-0.3, -0.25) is 4.79 Å². The van der Waals surface area contributed by atoms with E-state index in [1.165, 1.54) is 0 Å². The zero-order chi connectivity index (χ0) is 20.8. The number of hydrogen-bond acceptors (Lipinski definition) is 5. The minimum absolute atomic E-state index is 0.168. The molecule has 1 amide bonds. The van der Waals surface area contributed by atoms with Crippen molar-refractivity contribution < 1.29 is 9.53 Å². The topological polar surface area (TPSA) is 76.1 Å². The molecule has 0 unspecified atom stereocenters. The molecular weight excluding hydrogens is 364 g/mol. The number of rotatable bonds is 7. The van der Waals surface area contributed by atoms with Crippen molar-refractivity contribution in [1.82, 2.24) is 9.97 Å². The van der Waals surface area contributed by atoms with Crippen molar-refractivity contribution in [2.45, 2.75) is 27.7 Å². The second-order valence-electron chi connectivity index (χ2n) is 7.36. The number of ether oxygens (including phenoxy) is 1. The summed E-state index contributed by atoms with van der Waals surface area (Å²) in [6, 6.07) is 16.5. The summed E-state index contributed by atoms with van der Waals surface area (Å²) < 4.78 is 5.65. The zero-order valence-corrected chi connectivity index (χ0v) is 17.2. The van der Waals surface area contributed by atoms with Crippen LogP contribution < -0.4 is 15.4 Å². The van der Waals surface area contributed by atoms with Crippen molar-refractivity contribution >= 4 is 23.2 Å². The maximum Gasteiger partial charge on any atom is 0.255 e. The minimum atomic E-state index is -0.168. The largest absolute Gasteiger partial charge is 0.493 e. The molecule has 0 saturated heterocycles. The van der Waals surface area contributed by atoms with E-state index in [-0.39, 0.29) is 5.91 Å². The number of carbonyl (C=O) groups excluding carboxylic acids is 1. The van der Waals surface area contributed by atoms with Gasteiger partial charge in [-0.2, -0.15) is 0 Å². The van der Waals surface area contributed by atoms with E-state index in [2.05, 4.69) is 34.4 Å². The maximum absolute atomic E-state index is 12.5. The van der Waals surface area contributed by atoms with Gasteiger partial charge in [0.05, 0.1) is 6.61 Å². The van der Waals surface area contributed by atoms with Gasteiger partial charge in [-0.1, -0.05) is 13.8 Å². The van der Waals surface area contributed by atoms with Crippen LogP contribution in [0.1, 0.15) is 35.6 Å². The van der Waals surface area contributed by atoms with Gasteiger partial charge in [-0.05, 0) is 74.4 Å². The molecule has 2 N–H and O–H groups in total. The number of benzene rings is 2. The van der Waals surface area contributed by atoms with E-state index in [9.17, 15) is 4.79 Å². The van der Waals surface area contributed by atoms with Gasteiger partial charge in [-0.25, -0.2) is 9.97 Å². The van der Waals surface area contributed by atoms with E-state index >= 15 is 0 Å². The first kappa shape index (κ1) is 20.3. The Morgan fingerprint density at radius 2 is 1.52 bits per heavy atom. The quantitative estimate of drug-likeness (QED) is 0.585. The van der Waals surface area contributed by atoms with Gasteiger partial charge in [0.1, 0.15) is 5.75 Å². The number of aryl methyl sites for hydroxylation is 2. The first-order valence-corrected chi connectivity index (χ1v) is 9.62. The lowest BCUT2D eigenvalue weighted by atomic mass is 10.2. The zero-order valence-electron chi connectivity index (χ0n) is 17.2. The average molecular weight is 390 g/mol. The Bertz CT molecular complexity index is 947. The van der Waals surface area contributed by atoms with Crippen LogP contribution in [0.5, 0.6) is 5.75 Å². The van der Waals surface area contributed by atoms with Crippen molar-refractivity contribution in [3.8, 4) is 5.75 Å². The van der Waals surface area contributed by atoms with Crippen LogP contribution in [-0.2, 0) is 0 Å². The molecule has 0 aliphatic carbocycles. The number of aromatic nitrogens is 2. The third kappa shape index (κ3) is 6.04. The average Bonchev–Trinajstić information content (AvgIpc) is 2.67. The number of anilines is 3. The van der Waals surface area contributed by atoms with E-state index in [1.54, 1.807) is 12.1 Å². The van der Waals surface area contributed by atoms with Crippen LogP contribution in [-0.4, -0.2) is 22.5 Å². The van der Waals surface area contributed by atoms with E-state index in [0.29, 0.717) is 29.7 Å². The molecule has 0 radical (unpaired) electrons. The molecule has 2 aromatic carbocycles. The van der Waals surface area contributed by atoms with Gasteiger partial charge < -0.3 is 15.4 Å². The van der Waals surface area contributed by atoms with Crippen molar-refractivity contribution in [2.24, 2.45) is 5.92 Å². The summed E-state index contributed by atoms with van der Waals surface area (Å²) in [7, 11) is 0. The molecule has 1 aromatic heterocycles. The molecule has 150 valence electrons. The van der Waals surface area contributed by atoms with Crippen LogP contribution in [0.4, 0.5) is 17.3 Å². The van der Waals surface area contributed by atoms with Crippen LogP contribution in [0.3, 0.4) is 0 Å². The highest BCUT2D eigenvalue weighted by Gasteiger charge is 2.07. The van der Waals surface area contributed by atoms with Crippen LogP contribution >= 0.6 is 0 Å². The second kappa shape index (κ2) is 9.19. The molecule has 0 atom stereocenters. The molecule has 1 heterocycles. The first-order valence-electron chi connectivity index (χ1n) is 9.62. The molecule has 3 rings (SSSR count). The van der Waals surface area contributed by atoms with Crippen molar-refractivity contribution in [2.75, 3.05) is 17.2 Å². The summed E-state index contributed by atoms with van der Waals surface area (Å²) in [4.78, 5) is 21.2. The van der Waals surface area contributed by atoms with Crippen molar-refractivity contribution in [3.63, 3.8) is 0 Å². The lowest BCUT2D eigenvalue weighted by molar-refractivity contribution is 0.102. The first-order chi connectivity index (χ1) is 13.9. The fraction of sp³-hybridized carbons (Fsp3) is 0.261. The fourth-order valence-electron chi connectivity index (χ4n) is 2.72. The Kier molecular flexibility index (Phi) is 6.44. The second-order valence-corrected chi connectivity index (χ2v) is 7.36. The third-order valence-electron chi connectivity index (χ3n) is 4.08. The minimum Gasteiger partial charge on any atom is -0.493 e. The van der Waals surface area contributed by atoms with Gasteiger partial charge >= 0.3 is 0 Å². The highest BCUT2D eigenvalue weighted by molar-refractivity contribution is 6.04. The summed E-state index contributed by atoms with van der Waals surface area (Å²) >= 11 is 0. The summed E-state index contributed by atoms with van der Waals surface area (Å²) in [5, 5.41) is 6.07. The Morgan fingerprint density at radius 3 is 2.10 bits per heavy atom. The van der Waals surface area contributed by atoms with Gasteiger partial charge in [0.15, 0.2) is 0 Å². The number of amides is 1. The van der Waals surface area contributed by atoms with Crippen molar-refractivity contribution in [3.05, 3.63) is 71.5 Å². The summed E-state index contributed by atoms with van der Waals surface area (Å²) in [6.45, 7) is 8.71. The van der Waals surface area contributed by atoms with E-state index in [0.717, 1.165) is 22.8 Å².